The predicted octanol–water partition coefficient (Wildman–Crippen LogP) is 4.24. The molecule has 0 saturated heterocycles. The van der Waals surface area contributed by atoms with Crippen LogP contribution in [0.4, 0.5) is 5.69 Å². The zero-order valence-electron chi connectivity index (χ0n) is 20.3. The van der Waals surface area contributed by atoms with Crippen molar-refractivity contribution >= 4 is 17.5 Å². The molecular formula is C26H33N3O6. The quantitative estimate of drug-likeness (QED) is 0.378. The molecule has 1 aliphatic rings. The first-order valence-electron chi connectivity index (χ1n) is 12.0. The van der Waals surface area contributed by atoms with Crippen LogP contribution >= 0.6 is 0 Å². The third-order valence-corrected chi connectivity index (χ3v) is 6.24. The van der Waals surface area contributed by atoms with E-state index in [0.717, 1.165) is 31.2 Å². The van der Waals surface area contributed by atoms with E-state index in [4.69, 9.17) is 9.47 Å². The molecule has 188 valence electrons. The van der Waals surface area contributed by atoms with E-state index in [1.54, 1.807) is 4.90 Å². The van der Waals surface area contributed by atoms with E-state index < -0.39 is 11.0 Å². The van der Waals surface area contributed by atoms with Crippen molar-refractivity contribution in [1.29, 1.82) is 0 Å². The van der Waals surface area contributed by atoms with Crippen LogP contribution in [0.2, 0.25) is 0 Å². The topological polar surface area (TPSA) is 111 Å². The molecule has 1 N–H and O–H groups in total. The molecule has 0 aromatic heterocycles. The van der Waals surface area contributed by atoms with Crippen LogP contribution in [0.5, 0.6) is 11.5 Å². The number of rotatable bonds is 11. The highest BCUT2D eigenvalue weighted by molar-refractivity contribution is 5.88. The molecule has 1 aliphatic carbocycles. The van der Waals surface area contributed by atoms with E-state index in [1.165, 1.54) is 31.7 Å². The number of nitrogens with one attached hydrogen (secondary N) is 1. The van der Waals surface area contributed by atoms with Gasteiger partial charge >= 0.3 is 5.69 Å². The van der Waals surface area contributed by atoms with Crippen molar-refractivity contribution in [2.75, 3.05) is 13.7 Å². The smallest absolute Gasteiger partial charge is 0.311 e. The predicted molar refractivity (Wildman–Crippen MR) is 131 cm³/mol. The molecule has 9 heteroatoms. The average Bonchev–Trinajstić information content (AvgIpc) is 2.88. The van der Waals surface area contributed by atoms with Crippen LogP contribution in [0.15, 0.2) is 48.5 Å². The zero-order chi connectivity index (χ0) is 25.2. The normalized spacial score (nSPS) is 14.6. The second-order valence-electron chi connectivity index (χ2n) is 8.65. The third kappa shape index (κ3) is 7.18. The van der Waals surface area contributed by atoms with Crippen LogP contribution < -0.4 is 14.8 Å². The Bertz CT molecular complexity index is 1010. The molecule has 0 heterocycles. The number of nitro groups is 1. The fourth-order valence-electron chi connectivity index (χ4n) is 4.37. The van der Waals surface area contributed by atoms with Gasteiger partial charge in [0.15, 0.2) is 6.61 Å². The summed E-state index contributed by atoms with van der Waals surface area (Å²) in [6, 6.07) is 13.1. The van der Waals surface area contributed by atoms with Crippen molar-refractivity contribution in [3.05, 3.63) is 64.2 Å². The first kappa shape index (κ1) is 26.0. The molecule has 35 heavy (non-hydrogen) atoms. The first-order chi connectivity index (χ1) is 16.9. The summed E-state index contributed by atoms with van der Waals surface area (Å²) in [5.41, 5.74) is 0.712. The highest BCUT2D eigenvalue weighted by Gasteiger charge is 2.30. The van der Waals surface area contributed by atoms with Gasteiger partial charge in [0.2, 0.25) is 11.7 Å². The van der Waals surface area contributed by atoms with E-state index in [9.17, 15) is 19.7 Å². The Labute approximate surface area is 205 Å². The molecule has 0 spiro atoms. The number of hydrogen-bond donors (Lipinski definition) is 1. The molecule has 0 unspecified atom stereocenters. The van der Waals surface area contributed by atoms with Gasteiger partial charge in [-0.25, -0.2) is 0 Å². The SMILES string of the molecule is CC[C@H](C(=O)NC1CCCCC1)N(Cc1ccccc1)C(=O)COc1ccc([N+](=O)[O-])c(OC)c1. The molecule has 0 bridgehead atoms. The standard InChI is InChI=1S/C26H33N3O6/c1-3-22(26(31)27-20-12-8-5-9-13-20)28(17-19-10-6-4-7-11-19)25(30)18-35-21-14-15-23(29(32)33)24(16-21)34-2/h4,6-7,10-11,14-16,20,22H,3,5,8-9,12-13,17-18H2,1-2H3,(H,27,31)/t22-/m1/s1. The van der Waals surface area contributed by atoms with Crippen LogP contribution in [-0.2, 0) is 16.1 Å². The zero-order valence-corrected chi connectivity index (χ0v) is 20.3. The molecule has 9 nitrogen and oxygen atoms in total. The molecule has 1 atom stereocenters. The lowest BCUT2D eigenvalue weighted by Crippen LogP contribution is -2.52. The van der Waals surface area contributed by atoms with Gasteiger partial charge in [-0.3, -0.25) is 19.7 Å². The lowest BCUT2D eigenvalue weighted by atomic mass is 9.95. The molecule has 2 aromatic carbocycles. The summed E-state index contributed by atoms with van der Waals surface area (Å²) < 4.78 is 10.7. The maximum Gasteiger partial charge on any atom is 0.311 e. The van der Waals surface area contributed by atoms with Gasteiger partial charge in [-0.05, 0) is 30.9 Å². The van der Waals surface area contributed by atoms with Gasteiger partial charge < -0.3 is 19.7 Å². The summed E-state index contributed by atoms with van der Waals surface area (Å²) in [4.78, 5) is 38.7. The average molecular weight is 484 g/mol. The van der Waals surface area contributed by atoms with Crippen molar-refractivity contribution < 1.29 is 24.0 Å². The highest BCUT2D eigenvalue weighted by Crippen LogP contribution is 2.30. The van der Waals surface area contributed by atoms with Crippen LogP contribution in [0, 0.1) is 10.1 Å². The summed E-state index contributed by atoms with van der Waals surface area (Å²) in [6.45, 7) is 1.84. The number of nitrogens with zero attached hydrogens (tertiary/aromatic N) is 2. The maximum absolute atomic E-state index is 13.3. The molecule has 3 rings (SSSR count). The Balaban J connectivity index is 1.75. The van der Waals surface area contributed by atoms with Crippen LogP contribution in [0.25, 0.3) is 0 Å². The largest absolute Gasteiger partial charge is 0.490 e. The Morgan fingerprint density at radius 1 is 1.14 bits per heavy atom. The van der Waals surface area contributed by atoms with Gasteiger partial charge in [0.25, 0.3) is 5.91 Å². The van der Waals surface area contributed by atoms with E-state index >= 15 is 0 Å². The number of nitro benzene ring substituents is 1. The van der Waals surface area contributed by atoms with Gasteiger partial charge in [-0.2, -0.15) is 0 Å². The molecular weight excluding hydrogens is 450 g/mol. The second-order valence-corrected chi connectivity index (χ2v) is 8.65. The highest BCUT2D eigenvalue weighted by atomic mass is 16.6. The van der Waals surface area contributed by atoms with Gasteiger partial charge in [-0.1, -0.05) is 56.5 Å². The van der Waals surface area contributed by atoms with E-state index in [2.05, 4.69) is 5.32 Å². The van der Waals surface area contributed by atoms with Gasteiger partial charge in [-0.15, -0.1) is 0 Å². The van der Waals surface area contributed by atoms with E-state index in [1.807, 2.05) is 37.3 Å². The van der Waals surface area contributed by atoms with Crippen molar-refractivity contribution in [3.8, 4) is 11.5 Å². The van der Waals surface area contributed by atoms with E-state index in [0.29, 0.717) is 6.42 Å². The minimum atomic E-state index is -0.639. The number of benzene rings is 2. The fraction of sp³-hybridized carbons (Fsp3) is 0.462. The second kappa shape index (κ2) is 12.7. The minimum Gasteiger partial charge on any atom is -0.490 e. The third-order valence-electron chi connectivity index (χ3n) is 6.24. The lowest BCUT2D eigenvalue weighted by Gasteiger charge is -2.32. The Morgan fingerprint density at radius 2 is 1.86 bits per heavy atom. The van der Waals surface area contributed by atoms with Gasteiger partial charge in [0.05, 0.1) is 12.0 Å². The van der Waals surface area contributed by atoms with Crippen molar-refractivity contribution in [2.24, 2.45) is 0 Å². The number of hydrogen-bond acceptors (Lipinski definition) is 6. The minimum absolute atomic E-state index is 0.0411. The molecule has 2 aromatic rings. The summed E-state index contributed by atoms with van der Waals surface area (Å²) >= 11 is 0. The Morgan fingerprint density at radius 3 is 2.49 bits per heavy atom. The van der Waals surface area contributed by atoms with Gasteiger partial charge in [0.1, 0.15) is 11.8 Å². The first-order valence-corrected chi connectivity index (χ1v) is 12.0. The maximum atomic E-state index is 13.3. The summed E-state index contributed by atoms with van der Waals surface area (Å²) in [6.07, 6.45) is 5.76. The Kier molecular flexibility index (Phi) is 9.46. The molecule has 2 amide bonds. The molecule has 1 saturated carbocycles. The number of amides is 2. The van der Waals surface area contributed by atoms with Crippen molar-refractivity contribution in [3.63, 3.8) is 0 Å². The van der Waals surface area contributed by atoms with Gasteiger partial charge in [0, 0.05) is 24.7 Å². The van der Waals surface area contributed by atoms with Crippen molar-refractivity contribution in [1.82, 2.24) is 10.2 Å². The summed E-state index contributed by atoms with van der Waals surface area (Å²) in [5.74, 6) is -0.197. The summed E-state index contributed by atoms with van der Waals surface area (Å²) in [5, 5.41) is 14.3. The number of carbonyl (C=O) groups is 2. The van der Waals surface area contributed by atoms with Crippen LogP contribution in [0.1, 0.15) is 51.0 Å². The lowest BCUT2D eigenvalue weighted by molar-refractivity contribution is -0.385. The number of ether oxygens (including phenoxy) is 2. The van der Waals surface area contributed by atoms with Crippen LogP contribution in [-0.4, -0.2) is 47.4 Å². The molecule has 1 fully saturated rings. The Hall–Kier alpha value is -3.62. The van der Waals surface area contributed by atoms with Crippen LogP contribution in [0.3, 0.4) is 0 Å². The molecule has 0 radical (unpaired) electrons. The van der Waals surface area contributed by atoms with Crippen molar-refractivity contribution in [2.45, 2.75) is 64.1 Å². The molecule has 0 aliphatic heterocycles. The number of methoxy groups -OCH3 is 1. The van der Waals surface area contributed by atoms with E-state index in [-0.39, 0.29) is 48.2 Å². The summed E-state index contributed by atoms with van der Waals surface area (Å²) in [7, 11) is 1.33. The monoisotopic (exact) mass is 483 g/mol. The number of carbonyl (C=O) groups excluding carboxylic acids is 2. The fourth-order valence-corrected chi connectivity index (χ4v) is 4.37.